The molecule has 1 amide bonds. The quantitative estimate of drug-likeness (QED) is 0.847. The van der Waals surface area contributed by atoms with Gasteiger partial charge < -0.3 is 10.1 Å². The standard InChI is InChI=1S/C16H25NO2/c18-13(6-5-11-3-1-4-11)17-14-12-7-10-19-15(12)16(14)8-2-9-16/h11-12,14-15H,1-10H2,(H,17,18). The Labute approximate surface area is 115 Å². The Morgan fingerprint density at radius 2 is 2.05 bits per heavy atom. The molecule has 19 heavy (non-hydrogen) atoms. The van der Waals surface area contributed by atoms with Gasteiger partial charge in [-0.2, -0.15) is 0 Å². The lowest BCUT2D eigenvalue weighted by molar-refractivity contribution is -0.179. The van der Waals surface area contributed by atoms with Gasteiger partial charge in [0.25, 0.3) is 0 Å². The van der Waals surface area contributed by atoms with Crippen molar-refractivity contribution in [2.45, 2.75) is 69.9 Å². The van der Waals surface area contributed by atoms with Crippen LogP contribution in [-0.2, 0) is 9.53 Å². The van der Waals surface area contributed by atoms with Crippen molar-refractivity contribution in [2.75, 3.05) is 6.61 Å². The summed E-state index contributed by atoms with van der Waals surface area (Å²) in [6.07, 6.45) is 11.4. The third-order valence-corrected chi connectivity index (χ3v) is 6.36. The summed E-state index contributed by atoms with van der Waals surface area (Å²) in [6.45, 7) is 0.908. The second-order valence-corrected chi connectivity index (χ2v) is 7.21. The number of hydrogen-bond donors (Lipinski definition) is 1. The molecule has 0 aromatic heterocycles. The van der Waals surface area contributed by atoms with Crippen LogP contribution in [0.25, 0.3) is 0 Å². The van der Waals surface area contributed by atoms with Crippen molar-refractivity contribution in [3.8, 4) is 0 Å². The molecule has 1 heterocycles. The lowest BCUT2D eigenvalue weighted by Gasteiger charge is -2.63. The first-order valence-corrected chi connectivity index (χ1v) is 8.20. The molecule has 3 atom stereocenters. The van der Waals surface area contributed by atoms with Crippen molar-refractivity contribution in [2.24, 2.45) is 17.3 Å². The molecule has 1 N–H and O–H groups in total. The Hall–Kier alpha value is -0.570. The molecule has 0 aromatic carbocycles. The number of hydrogen-bond acceptors (Lipinski definition) is 2. The van der Waals surface area contributed by atoms with Crippen LogP contribution in [0.15, 0.2) is 0 Å². The third-order valence-electron chi connectivity index (χ3n) is 6.36. The number of carbonyl (C=O) groups excluding carboxylic acids is 1. The first kappa shape index (κ1) is 12.2. The van der Waals surface area contributed by atoms with Gasteiger partial charge in [0.15, 0.2) is 0 Å². The van der Waals surface area contributed by atoms with Gasteiger partial charge in [0.1, 0.15) is 0 Å². The molecule has 3 heteroatoms. The highest BCUT2D eigenvalue weighted by Crippen LogP contribution is 2.62. The minimum atomic E-state index is 0.300. The number of ether oxygens (including phenoxy) is 1. The van der Waals surface area contributed by atoms with E-state index in [1.54, 1.807) is 0 Å². The predicted molar refractivity (Wildman–Crippen MR) is 72.6 cm³/mol. The van der Waals surface area contributed by atoms with Crippen LogP contribution >= 0.6 is 0 Å². The van der Waals surface area contributed by atoms with E-state index in [9.17, 15) is 4.79 Å². The van der Waals surface area contributed by atoms with Gasteiger partial charge in [-0.05, 0) is 31.6 Å². The maximum Gasteiger partial charge on any atom is 0.220 e. The lowest BCUT2D eigenvalue weighted by Crippen LogP contribution is -2.71. The predicted octanol–water partition coefficient (Wildman–Crippen LogP) is 2.64. The van der Waals surface area contributed by atoms with Gasteiger partial charge in [0.2, 0.25) is 5.91 Å². The van der Waals surface area contributed by atoms with E-state index in [4.69, 9.17) is 4.74 Å². The molecule has 0 aromatic rings. The summed E-state index contributed by atoms with van der Waals surface area (Å²) in [5, 5.41) is 3.37. The minimum absolute atomic E-state index is 0.300. The summed E-state index contributed by atoms with van der Waals surface area (Å²) in [7, 11) is 0. The molecule has 3 saturated carbocycles. The third kappa shape index (κ3) is 1.77. The SMILES string of the molecule is O=C(CCC1CCC1)NC1C2CCOC2C12CCC2. The summed E-state index contributed by atoms with van der Waals surface area (Å²) < 4.78 is 5.89. The second kappa shape index (κ2) is 4.47. The Morgan fingerprint density at radius 1 is 1.21 bits per heavy atom. The summed E-state index contributed by atoms with van der Waals surface area (Å²) in [5.41, 5.74) is 0.341. The van der Waals surface area contributed by atoms with Crippen LogP contribution in [0.1, 0.15) is 57.8 Å². The van der Waals surface area contributed by atoms with E-state index in [0.29, 0.717) is 29.4 Å². The van der Waals surface area contributed by atoms with Gasteiger partial charge in [-0.25, -0.2) is 0 Å². The van der Waals surface area contributed by atoms with Crippen LogP contribution < -0.4 is 5.32 Å². The monoisotopic (exact) mass is 263 g/mol. The molecular weight excluding hydrogens is 238 g/mol. The first-order chi connectivity index (χ1) is 9.29. The zero-order chi connectivity index (χ0) is 12.9. The molecule has 1 saturated heterocycles. The van der Waals surface area contributed by atoms with Gasteiger partial charge in [-0.1, -0.05) is 25.7 Å². The largest absolute Gasteiger partial charge is 0.377 e. The average molecular weight is 263 g/mol. The second-order valence-electron chi connectivity index (χ2n) is 7.21. The molecular formula is C16H25NO2. The van der Waals surface area contributed by atoms with Crippen molar-refractivity contribution in [3.05, 3.63) is 0 Å². The molecule has 3 nitrogen and oxygen atoms in total. The van der Waals surface area contributed by atoms with Crippen molar-refractivity contribution in [1.29, 1.82) is 0 Å². The van der Waals surface area contributed by atoms with E-state index >= 15 is 0 Å². The fourth-order valence-corrected chi connectivity index (χ4v) is 4.82. The number of carbonyl (C=O) groups is 1. The molecule has 3 unspecified atom stereocenters. The van der Waals surface area contributed by atoms with Crippen LogP contribution in [0.5, 0.6) is 0 Å². The fourth-order valence-electron chi connectivity index (χ4n) is 4.82. The van der Waals surface area contributed by atoms with Gasteiger partial charge in [-0.15, -0.1) is 0 Å². The van der Waals surface area contributed by atoms with Crippen molar-refractivity contribution in [1.82, 2.24) is 5.32 Å². The van der Waals surface area contributed by atoms with Crippen molar-refractivity contribution >= 4 is 5.91 Å². The van der Waals surface area contributed by atoms with Crippen molar-refractivity contribution in [3.63, 3.8) is 0 Å². The van der Waals surface area contributed by atoms with Crippen molar-refractivity contribution < 1.29 is 9.53 Å². The summed E-state index contributed by atoms with van der Waals surface area (Å²) >= 11 is 0. The molecule has 106 valence electrons. The van der Waals surface area contributed by atoms with Crippen LogP contribution in [-0.4, -0.2) is 24.7 Å². The molecule has 4 fully saturated rings. The van der Waals surface area contributed by atoms with Gasteiger partial charge >= 0.3 is 0 Å². The van der Waals surface area contributed by atoms with E-state index in [1.165, 1.54) is 38.5 Å². The van der Waals surface area contributed by atoms with Crippen LogP contribution in [0.2, 0.25) is 0 Å². The minimum Gasteiger partial charge on any atom is -0.377 e. The highest BCUT2D eigenvalue weighted by Gasteiger charge is 2.66. The van der Waals surface area contributed by atoms with Gasteiger partial charge in [-0.3, -0.25) is 4.79 Å². The first-order valence-electron chi connectivity index (χ1n) is 8.20. The summed E-state index contributed by atoms with van der Waals surface area (Å²) in [6, 6.07) is 0.433. The molecule has 4 aliphatic rings. The van der Waals surface area contributed by atoms with Gasteiger partial charge in [0, 0.05) is 30.4 Å². The summed E-state index contributed by atoms with van der Waals surface area (Å²) in [4.78, 5) is 12.2. The Balaban J connectivity index is 1.32. The van der Waals surface area contributed by atoms with E-state index in [1.807, 2.05) is 0 Å². The zero-order valence-electron chi connectivity index (χ0n) is 11.7. The van der Waals surface area contributed by atoms with E-state index in [-0.39, 0.29) is 0 Å². The number of amides is 1. The number of rotatable bonds is 4. The van der Waals surface area contributed by atoms with Gasteiger partial charge in [0.05, 0.1) is 6.10 Å². The molecule has 0 radical (unpaired) electrons. The molecule has 0 bridgehead atoms. The fraction of sp³-hybridized carbons (Fsp3) is 0.938. The Bertz CT molecular complexity index is 373. The number of nitrogens with one attached hydrogen (secondary N) is 1. The molecule has 3 aliphatic carbocycles. The van der Waals surface area contributed by atoms with E-state index in [0.717, 1.165) is 31.8 Å². The zero-order valence-corrected chi connectivity index (χ0v) is 11.7. The van der Waals surface area contributed by atoms with E-state index < -0.39 is 0 Å². The highest BCUT2D eigenvalue weighted by molar-refractivity contribution is 5.76. The summed E-state index contributed by atoms with van der Waals surface area (Å²) in [5.74, 6) is 1.76. The molecule has 1 spiro atoms. The maximum absolute atomic E-state index is 12.2. The molecule has 1 aliphatic heterocycles. The normalized spacial score (nSPS) is 39.1. The smallest absolute Gasteiger partial charge is 0.220 e. The topological polar surface area (TPSA) is 38.3 Å². The molecule has 4 rings (SSSR count). The van der Waals surface area contributed by atoms with E-state index in [2.05, 4.69) is 5.32 Å². The van der Waals surface area contributed by atoms with Crippen LogP contribution in [0, 0.1) is 17.3 Å². The van der Waals surface area contributed by atoms with Crippen LogP contribution in [0.4, 0.5) is 0 Å². The van der Waals surface area contributed by atoms with Crippen LogP contribution in [0.3, 0.4) is 0 Å². The lowest BCUT2D eigenvalue weighted by atomic mass is 9.46. The Kier molecular flexibility index (Phi) is 2.87. The highest BCUT2D eigenvalue weighted by atomic mass is 16.5. The number of fused-ring (bicyclic) bond motifs is 2. The average Bonchev–Trinajstić information content (AvgIpc) is 2.67. The Morgan fingerprint density at radius 3 is 2.68 bits per heavy atom. The maximum atomic E-state index is 12.2.